The van der Waals surface area contributed by atoms with Crippen molar-refractivity contribution in [3.8, 4) is 5.75 Å². The molecule has 0 radical (unpaired) electrons. The number of amides is 4. The van der Waals surface area contributed by atoms with E-state index in [4.69, 9.17) is 9.47 Å². The van der Waals surface area contributed by atoms with E-state index in [0.717, 1.165) is 68.1 Å². The highest BCUT2D eigenvalue weighted by Gasteiger charge is 2.66. The molecule has 0 aliphatic carbocycles. The van der Waals surface area contributed by atoms with E-state index >= 15 is 4.79 Å². The van der Waals surface area contributed by atoms with Crippen LogP contribution in [0, 0.1) is 5.92 Å². The van der Waals surface area contributed by atoms with Gasteiger partial charge in [0, 0.05) is 29.4 Å². The molecule has 13 nitrogen and oxygen atoms in total. The minimum atomic E-state index is -2.56. The zero-order valence-corrected chi connectivity index (χ0v) is 35.6. The van der Waals surface area contributed by atoms with E-state index in [9.17, 15) is 19.5 Å². The number of carbonyl (C=O) groups is 4. The van der Waals surface area contributed by atoms with Gasteiger partial charge in [-0.3, -0.25) is 19.2 Å². The second kappa shape index (κ2) is 16.8. The predicted molar refractivity (Wildman–Crippen MR) is 229 cm³/mol. The Kier molecular flexibility index (Phi) is 11.7. The maximum Gasteiger partial charge on any atom is 0.264 e. The van der Waals surface area contributed by atoms with E-state index in [1.54, 1.807) is 16.9 Å². The molecule has 59 heavy (non-hydrogen) atoms. The van der Waals surface area contributed by atoms with E-state index in [1.807, 2.05) is 54.6 Å². The van der Waals surface area contributed by atoms with Crippen molar-refractivity contribution in [2.75, 3.05) is 48.9 Å². The van der Waals surface area contributed by atoms with Crippen LogP contribution in [-0.4, -0.2) is 99.3 Å². The molecule has 3 aromatic carbocycles. The number of aliphatic hydroxyl groups is 1. The lowest BCUT2D eigenvalue weighted by atomic mass is 9.82. The molecule has 5 N–H and O–H groups in total. The van der Waals surface area contributed by atoms with E-state index in [1.165, 1.54) is 0 Å². The van der Waals surface area contributed by atoms with Crippen LogP contribution in [0.15, 0.2) is 66.7 Å². The van der Waals surface area contributed by atoms with Crippen LogP contribution < -0.4 is 36.1 Å². The van der Waals surface area contributed by atoms with Crippen LogP contribution in [0.5, 0.6) is 5.75 Å². The summed E-state index contributed by atoms with van der Waals surface area (Å²) in [6.45, 7) is 9.02. The number of nitrogens with one attached hydrogen (secondary N) is 4. The number of likely N-dealkylation sites (tertiary alicyclic amines) is 1. The molecule has 5 heterocycles. The molecule has 7 atom stereocenters. The second-order valence-corrected chi connectivity index (χ2v) is 22.2. The van der Waals surface area contributed by atoms with Gasteiger partial charge in [0.2, 0.25) is 17.7 Å². The molecule has 5 aliphatic rings. The van der Waals surface area contributed by atoms with Crippen molar-refractivity contribution in [2.45, 2.75) is 107 Å². The summed E-state index contributed by atoms with van der Waals surface area (Å²) in [7, 11) is -0.913. The summed E-state index contributed by atoms with van der Waals surface area (Å²) in [5.41, 5.74) is 1.88. The summed E-state index contributed by atoms with van der Waals surface area (Å²) in [6, 6.07) is 20.6. The van der Waals surface area contributed by atoms with E-state index in [0.29, 0.717) is 29.2 Å². The van der Waals surface area contributed by atoms with Crippen LogP contribution in [0.1, 0.15) is 63.0 Å². The maximum absolute atomic E-state index is 15.5. The lowest BCUT2D eigenvalue weighted by molar-refractivity contribution is -0.150. The summed E-state index contributed by atoms with van der Waals surface area (Å²) < 4.78 is 12.8. The number of hydrogen-bond acceptors (Lipinski definition) is 9. The van der Waals surface area contributed by atoms with Gasteiger partial charge in [-0.15, -0.1) is 0 Å². The smallest absolute Gasteiger partial charge is 0.264 e. The van der Waals surface area contributed by atoms with Gasteiger partial charge in [0.25, 0.3) is 5.91 Å². The summed E-state index contributed by atoms with van der Waals surface area (Å²) in [5, 5.41) is 23.9. The van der Waals surface area contributed by atoms with Crippen molar-refractivity contribution in [1.29, 1.82) is 0 Å². The fourth-order valence-electron chi connectivity index (χ4n) is 10.5. The Labute approximate surface area is 347 Å². The Morgan fingerprint density at radius 2 is 1.54 bits per heavy atom. The predicted octanol–water partition coefficient (Wildman–Crippen LogP) is 4.21. The molecule has 5 aliphatic heterocycles. The van der Waals surface area contributed by atoms with E-state index < -0.39 is 19.8 Å². The Balaban J connectivity index is 1.16. The molecule has 4 fully saturated rings. The summed E-state index contributed by atoms with van der Waals surface area (Å²) in [5.74, 6) is -0.0756. The quantitative estimate of drug-likeness (QED) is 0.169. The van der Waals surface area contributed by atoms with E-state index in [2.05, 4.69) is 53.4 Å². The standard InChI is InChI=1S/C45H58N6O7Si/c1-28-41(59(3,4)34-18-16-33(57-2)17-19-34)39(25-40(53)50-23-7-8-32(50)27-52)58-45(28)35-24-31(49-43(55)37-10-6-22-47-37)15-20-38(35)51(44(45)56)26-29-11-13-30(14-12-29)48-42(54)36-9-5-21-46-36/h11-20,24,28,32,36-37,39,41,46-47,52H,5-10,21-23,25-27H2,1-4H3,(H,48,54)(H,49,55)/t28-,32-,36+,37+,39+,41-,45+/m0/s1. The number of aliphatic hydroxyl groups excluding tert-OH is 1. The van der Waals surface area contributed by atoms with Crippen LogP contribution in [-0.2, 0) is 36.1 Å². The monoisotopic (exact) mass is 822 g/mol. The van der Waals surface area contributed by atoms with Gasteiger partial charge in [-0.05, 0) is 105 Å². The fourth-order valence-corrected chi connectivity index (χ4v) is 14.6. The molecule has 4 saturated heterocycles. The Morgan fingerprint density at radius 1 is 0.898 bits per heavy atom. The van der Waals surface area contributed by atoms with Crippen molar-refractivity contribution in [1.82, 2.24) is 15.5 Å². The molecule has 4 amide bonds. The third kappa shape index (κ3) is 7.69. The molecule has 0 bridgehead atoms. The van der Waals surface area contributed by atoms with Crippen molar-refractivity contribution < 1.29 is 33.8 Å². The number of hydrogen-bond donors (Lipinski definition) is 5. The minimum absolute atomic E-state index is 0.0554. The molecule has 3 aromatic rings. The van der Waals surface area contributed by atoms with Gasteiger partial charge in [-0.25, -0.2) is 0 Å². The first-order valence-corrected chi connectivity index (χ1v) is 24.4. The number of rotatable bonds is 12. The van der Waals surface area contributed by atoms with Crippen LogP contribution in [0.25, 0.3) is 0 Å². The average molecular weight is 823 g/mol. The number of methoxy groups -OCH3 is 1. The van der Waals surface area contributed by atoms with Crippen molar-refractivity contribution in [3.05, 3.63) is 77.9 Å². The highest BCUT2D eigenvalue weighted by Crippen LogP contribution is 2.60. The highest BCUT2D eigenvalue weighted by molar-refractivity contribution is 6.91. The first-order valence-electron chi connectivity index (χ1n) is 21.3. The van der Waals surface area contributed by atoms with Gasteiger partial charge in [0.15, 0.2) is 5.60 Å². The van der Waals surface area contributed by atoms with Crippen LogP contribution in [0.3, 0.4) is 0 Å². The SMILES string of the molecule is COc1ccc([Si](C)(C)[C@@H]2[C@@H](CC(=O)N3CCC[C@H]3CO)O[C@]3(C(=O)N(Cc4ccc(NC(=O)[C@H]5CCCN5)cc4)c4ccc(NC(=O)[C@H]5CCCN5)cc43)[C@H]2C)cc1. The molecule has 0 unspecified atom stereocenters. The molecule has 0 saturated carbocycles. The third-order valence-corrected chi connectivity index (χ3v) is 18.1. The normalized spacial score (nSPS) is 27.7. The zero-order chi connectivity index (χ0) is 41.5. The molecule has 0 aromatic heterocycles. The summed E-state index contributed by atoms with van der Waals surface area (Å²) >= 11 is 0. The maximum atomic E-state index is 15.5. The van der Waals surface area contributed by atoms with Crippen LogP contribution >= 0.6 is 0 Å². The number of benzene rings is 3. The first-order chi connectivity index (χ1) is 28.4. The molecular formula is C45H58N6O7Si. The van der Waals surface area contributed by atoms with Gasteiger partial charge in [-0.2, -0.15) is 0 Å². The Morgan fingerprint density at radius 3 is 2.15 bits per heavy atom. The van der Waals surface area contributed by atoms with Gasteiger partial charge >= 0.3 is 0 Å². The van der Waals surface area contributed by atoms with Gasteiger partial charge in [0.05, 0.1) is 64.7 Å². The highest BCUT2D eigenvalue weighted by atomic mass is 28.3. The van der Waals surface area contributed by atoms with Crippen molar-refractivity contribution >= 4 is 54.0 Å². The van der Waals surface area contributed by atoms with Crippen molar-refractivity contribution in [2.24, 2.45) is 5.92 Å². The average Bonchev–Trinajstić information content (AvgIpc) is 4.09. The van der Waals surface area contributed by atoms with Gasteiger partial charge < -0.3 is 45.6 Å². The van der Waals surface area contributed by atoms with Crippen LogP contribution in [0.2, 0.25) is 18.6 Å². The molecule has 1 spiro atoms. The lowest BCUT2D eigenvalue weighted by Crippen LogP contribution is -2.52. The Hall–Kier alpha value is -4.60. The summed E-state index contributed by atoms with van der Waals surface area (Å²) in [6.07, 6.45) is 4.52. The molecule has 14 heteroatoms. The molecule has 8 rings (SSSR count). The number of nitrogens with zero attached hydrogens (tertiary/aromatic N) is 2. The largest absolute Gasteiger partial charge is 0.497 e. The van der Waals surface area contributed by atoms with Gasteiger partial charge in [0.1, 0.15) is 5.75 Å². The fraction of sp³-hybridized carbons (Fsp3) is 0.511. The van der Waals surface area contributed by atoms with E-state index in [-0.39, 0.29) is 72.8 Å². The van der Waals surface area contributed by atoms with Crippen LogP contribution in [0.4, 0.5) is 17.1 Å². The van der Waals surface area contributed by atoms with Gasteiger partial charge in [-0.1, -0.05) is 49.5 Å². The number of ether oxygens (including phenoxy) is 2. The first kappa shape index (κ1) is 41.1. The Bertz CT molecular complexity index is 2050. The lowest BCUT2D eigenvalue weighted by Gasteiger charge is -2.37. The number of fused-ring (bicyclic) bond motifs is 2. The second-order valence-electron chi connectivity index (χ2n) is 17.5. The zero-order valence-electron chi connectivity index (χ0n) is 34.6. The number of carbonyl (C=O) groups excluding carboxylic acids is 4. The third-order valence-electron chi connectivity index (χ3n) is 13.7. The molecular weight excluding hydrogens is 765 g/mol. The minimum Gasteiger partial charge on any atom is -0.497 e. The number of anilines is 3. The van der Waals surface area contributed by atoms with Crippen molar-refractivity contribution in [3.63, 3.8) is 0 Å². The topological polar surface area (TPSA) is 162 Å². The molecule has 314 valence electrons. The summed E-state index contributed by atoms with van der Waals surface area (Å²) in [4.78, 5) is 59.5.